The number of nitrogens with zero attached hydrogens (tertiary/aromatic N) is 1. The minimum absolute atomic E-state index is 0.0211. The lowest BCUT2D eigenvalue weighted by molar-refractivity contribution is 0.0792. The van der Waals surface area contributed by atoms with Gasteiger partial charge in [0, 0.05) is 36.4 Å². The van der Waals surface area contributed by atoms with Crippen molar-refractivity contribution in [3.63, 3.8) is 0 Å². The molecule has 1 saturated heterocycles. The molecule has 2 N–H and O–H groups in total. The first-order chi connectivity index (χ1) is 14.4. The summed E-state index contributed by atoms with van der Waals surface area (Å²) in [5.74, 6) is -0.272. The number of rotatable bonds is 8. The minimum atomic E-state index is -3.42. The normalized spacial score (nSPS) is 13.8. The van der Waals surface area contributed by atoms with Gasteiger partial charge in [-0.15, -0.1) is 0 Å². The number of hydrogen-bond donors (Lipinski definition) is 2. The third kappa shape index (κ3) is 5.82. The number of sulfonamides is 1. The Morgan fingerprint density at radius 2 is 1.70 bits per heavy atom. The fraction of sp³-hybridized carbons (Fsp3) is 0.364. The summed E-state index contributed by atoms with van der Waals surface area (Å²) in [6, 6.07) is 13.6. The van der Waals surface area contributed by atoms with Crippen LogP contribution in [0.1, 0.15) is 52.5 Å². The van der Waals surface area contributed by atoms with Crippen LogP contribution in [0.15, 0.2) is 48.5 Å². The van der Waals surface area contributed by atoms with Gasteiger partial charge < -0.3 is 10.2 Å². The van der Waals surface area contributed by atoms with Crippen LogP contribution < -0.4 is 10.0 Å². The van der Waals surface area contributed by atoms with Crippen LogP contribution in [0, 0.1) is 0 Å². The number of carbonyl (C=O) groups excluding carboxylic acids is 2. The molecule has 2 amide bonds. The number of likely N-dealkylation sites (tertiary alicyclic amines) is 1. The number of hydrogen-bond acceptors (Lipinski definition) is 4. The molecular formula is C22H27N3O4S. The van der Waals surface area contributed by atoms with Crippen LogP contribution in [0.2, 0.25) is 0 Å². The average Bonchev–Trinajstić information content (AvgIpc) is 3.26. The van der Waals surface area contributed by atoms with E-state index in [1.165, 1.54) is 6.07 Å². The highest BCUT2D eigenvalue weighted by Gasteiger charge is 2.19. The lowest BCUT2D eigenvalue weighted by Crippen LogP contribution is -2.28. The summed E-state index contributed by atoms with van der Waals surface area (Å²) in [4.78, 5) is 26.9. The second-order valence-electron chi connectivity index (χ2n) is 7.38. The molecule has 3 rings (SSSR count). The molecule has 0 aromatic heterocycles. The molecule has 8 heteroatoms. The van der Waals surface area contributed by atoms with Crippen molar-refractivity contribution in [1.29, 1.82) is 0 Å². The lowest BCUT2D eigenvalue weighted by atomic mass is 10.1. The van der Waals surface area contributed by atoms with Crippen molar-refractivity contribution in [1.82, 2.24) is 10.2 Å². The summed E-state index contributed by atoms with van der Waals surface area (Å²) >= 11 is 0. The molecular weight excluding hydrogens is 402 g/mol. The number of amides is 2. The summed E-state index contributed by atoms with van der Waals surface area (Å²) in [6.45, 7) is 3.64. The van der Waals surface area contributed by atoms with Crippen molar-refractivity contribution in [3.05, 3.63) is 65.2 Å². The maximum absolute atomic E-state index is 12.5. The van der Waals surface area contributed by atoms with E-state index in [2.05, 4.69) is 10.0 Å². The van der Waals surface area contributed by atoms with Gasteiger partial charge in [-0.3, -0.25) is 14.3 Å². The van der Waals surface area contributed by atoms with Gasteiger partial charge in [0.2, 0.25) is 10.0 Å². The number of anilines is 1. The predicted octanol–water partition coefficient (Wildman–Crippen LogP) is 3.00. The van der Waals surface area contributed by atoms with E-state index in [0.717, 1.165) is 31.5 Å². The summed E-state index contributed by atoms with van der Waals surface area (Å²) in [7, 11) is -3.42. The second-order valence-corrected chi connectivity index (χ2v) is 9.23. The summed E-state index contributed by atoms with van der Waals surface area (Å²) in [5, 5.41) is 2.83. The third-order valence-electron chi connectivity index (χ3n) is 4.89. The highest BCUT2D eigenvalue weighted by Crippen LogP contribution is 2.15. The van der Waals surface area contributed by atoms with E-state index >= 15 is 0 Å². The topological polar surface area (TPSA) is 95.6 Å². The zero-order valence-electron chi connectivity index (χ0n) is 17.1. The molecule has 160 valence electrons. The van der Waals surface area contributed by atoms with Crippen LogP contribution in [0.4, 0.5) is 5.69 Å². The smallest absolute Gasteiger partial charge is 0.253 e. The molecule has 0 atom stereocenters. The van der Waals surface area contributed by atoms with Gasteiger partial charge >= 0.3 is 0 Å². The number of nitrogens with one attached hydrogen (secondary N) is 2. The molecule has 0 spiro atoms. The Bertz CT molecular complexity index is 1010. The van der Waals surface area contributed by atoms with Crippen molar-refractivity contribution in [2.24, 2.45) is 0 Å². The van der Waals surface area contributed by atoms with Crippen molar-refractivity contribution in [3.8, 4) is 0 Å². The van der Waals surface area contributed by atoms with Gasteiger partial charge in [0.15, 0.2) is 0 Å². The van der Waals surface area contributed by atoms with Crippen LogP contribution >= 0.6 is 0 Å². The zero-order valence-corrected chi connectivity index (χ0v) is 17.9. The Kier molecular flexibility index (Phi) is 7.10. The van der Waals surface area contributed by atoms with Gasteiger partial charge in [-0.1, -0.05) is 25.1 Å². The molecule has 2 aromatic carbocycles. The largest absolute Gasteiger partial charge is 0.348 e. The van der Waals surface area contributed by atoms with Crippen LogP contribution in [-0.4, -0.2) is 44.0 Å². The van der Waals surface area contributed by atoms with Crippen LogP contribution in [0.5, 0.6) is 0 Å². The van der Waals surface area contributed by atoms with E-state index in [9.17, 15) is 18.0 Å². The minimum Gasteiger partial charge on any atom is -0.348 e. The quantitative estimate of drug-likeness (QED) is 0.674. The Morgan fingerprint density at radius 1 is 1.00 bits per heavy atom. The van der Waals surface area contributed by atoms with Gasteiger partial charge in [0.1, 0.15) is 0 Å². The maximum Gasteiger partial charge on any atom is 0.253 e. The molecule has 30 heavy (non-hydrogen) atoms. The van der Waals surface area contributed by atoms with Gasteiger partial charge in [-0.2, -0.15) is 0 Å². The zero-order chi connectivity index (χ0) is 21.6. The molecule has 0 bridgehead atoms. The van der Waals surface area contributed by atoms with Crippen LogP contribution in [0.25, 0.3) is 0 Å². The standard InChI is InChI=1S/C22H27N3O4S/c1-2-13-30(28,29)24-20-10-6-8-18(15-20)21(26)23-16-17-7-5-9-19(14-17)22(27)25-11-3-4-12-25/h5-10,14-15,24H,2-4,11-13,16H2,1H3,(H,23,26). The van der Waals surface area contributed by atoms with Gasteiger partial charge in [-0.25, -0.2) is 8.42 Å². The van der Waals surface area contributed by atoms with E-state index in [1.807, 2.05) is 17.0 Å². The molecule has 1 heterocycles. The fourth-order valence-corrected chi connectivity index (χ4v) is 4.55. The number of carbonyl (C=O) groups is 2. The van der Waals surface area contributed by atoms with Crippen LogP contribution in [-0.2, 0) is 16.6 Å². The number of benzene rings is 2. The Labute approximate surface area is 177 Å². The first-order valence-corrected chi connectivity index (χ1v) is 11.8. The van der Waals surface area contributed by atoms with Crippen molar-refractivity contribution in [2.45, 2.75) is 32.7 Å². The van der Waals surface area contributed by atoms with Gasteiger partial charge in [0.25, 0.3) is 11.8 Å². The van der Waals surface area contributed by atoms with Crippen molar-refractivity contribution in [2.75, 3.05) is 23.6 Å². The predicted molar refractivity (Wildman–Crippen MR) is 117 cm³/mol. The summed E-state index contributed by atoms with van der Waals surface area (Å²) in [6.07, 6.45) is 2.58. The van der Waals surface area contributed by atoms with E-state index in [1.54, 1.807) is 37.3 Å². The van der Waals surface area contributed by atoms with Crippen molar-refractivity contribution >= 4 is 27.5 Å². The Balaban J connectivity index is 1.62. The van der Waals surface area contributed by atoms with Crippen molar-refractivity contribution < 1.29 is 18.0 Å². The molecule has 1 aliphatic heterocycles. The maximum atomic E-state index is 12.5. The van der Waals surface area contributed by atoms with E-state index in [-0.39, 0.29) is 24.1 Å². The molecule has 7 nitrogen and oxygen atoms in total. The third-order valence-corrected chi connectivity index (χ3v) is 6.38. The second kappa shape index (κ2) is 9.75. The molecule has 0 radical (unpaired) electrons. The molecule has 1 aliphatic rings. The van der Waals surface area contributed by atoms with E-state index < -0.39 is 10.0 Å². The lowest BCUT2D eigenvalue weighted by Gasteiger charge is -2.15. The average molecular weight is 430 g/mol. The van der Waals surface area contributed by atoms with E-state index in [4.69, 9.17) is 0 Å². The first-order valence-electron chi connectivity index (χ1n) is 10.1. The molecule has 0 aliphatic carbocycles. The van der Waals surface area contributed by atoms with Crippen LogP contribution in [0.3, 0.4) is 0 Å². The monoisotopic (exact) mass is 429 g/mol. The highest BCUT2D eigenvalue weighted by atomic mass is 32.2. The molecule has 0 saturated carbocycles. The first kappa shape index (κ1) is 21.8. The molecule has 1 fully saturated rings. The SMILES string of the molecule is CCCS(=O)(=O)Nc1cccc(C(=O)NCc2cccc(C(=O)N3CCCC3)c2)c1. The highest BCUT2D eigenvalue weighted by molar-refractivity contribution is 7.92. The van der Waals surface area contributed by atoms with Gasteiger partial charge in [0.05, 0.1) is 5.75 Å². The Morgan fingerprint density at radius 3 is 2.43 bits per heavy atom. The van der Waals surface area contributed by atoms with E-state index in [0.29, 0.717) is 23.2 Å². The summed E-state index contributed by atoms with van der Waals surface area (Å²) in [5.41, 5.74) is 2.16. The molecule has 0 unspecified atom stereocenters. The summed E-state index contributed by atoms with van der Waals surface area (Å²) < 4.78 is 26.3. The molecule has 2 aromatic rings. The Hall–Kier alpha value is -2.87. The van der Waals surface area contributed by atoms with Gasteiger partial charge in [-0.05, 0) is 55.2 Å². The fourth-order valence-electron chi connectivity index (χ4n) is 3.42.